The van der Waals surface area contributed by atoms with Crippen molar-refractivity contribution in [3.63, 3.8) is 0 Å². The van der Waals surface area contributed by atoms with Gasteiger partial charge in [0.2, 0.25) is 0 Å². The lowest BCUT2D eigenvalue weighted by Gasteiger charge is -2.40. The minimum Gasteiger partial charge on any atom is -0.507 e. The Morgan fingerprint density at radius 3 is 2.33 bits per heavy atom. The number of phenolic OH excluding ortho intramolecular Hbond substituents is 1. The molecular weight excluding hydrogens is 226 g/mol. The summed E-state index contributed by atoms with van der Waals surface area (Å²) in [7, 11) is 1.80. The second-order valence-corrected chi connectivity index (χ2v) is 5.42. The summed E-state index contributed by atoms with van der Waals surface area (Å²) in [6, 6.07) is 4.07. The SMILES string of the molecule is COC1(CNCc2cc(C)c(O)c(C)c2)CCC1. The van der Waals surface area contributed by atoms with E-state index in [2.05, 4.69) is 5.32 Å². The van der Waals surface area contributed by atoms with Gasteiger partial charge in [-0.2, -0.15) is 0 Å². The van der Waals surface area contributed by atoms with Gasteiger partial charge in [0, 0.05) is 20.2 Å². The Balaban J connectivity index is 1.90. The molecule has 2 rings (SSSR count). The predicted octanol–water partition coefficient (Wildman–Crippen LogP) is 2.67. The van der Waals surface area contributed by atoms with E-state index < -0.39 is 0 Å². The summed E-state index contributed by atoms with van der Waals surface area (Å²) in [5.74, 6) is 0.408. The summed E-state index contributed by atoms with van der Waals surface area (Å²) < 4.78 is 5.58. The first kappa shape index (κ1) is 13.4. The molecule has 0 bridgehead atoms. The van der Waals surface area contributed by atoms with Crippen LogP contribution in [0.15, 0.2) is 12.1 Å². The molecule has 0 amide bonds. The molecule has 1 aromatic carbocycles. The molecule has 1 aliphatic carbocycles. The maximum Gasteiger partial charge on any atom is 0.121 e. The highest BCUT2D eigenvalue weighted by atomic mass is 16.5. The third kappa shape index (κ3) is 2.68. The molecule has 1 fully saturated rings. The van der Waals surface area contributed by atoms with Gasteiger partial charge in [-0.3, -0.25) is 0 Å². The third-order valence-corrected chi connectivity index (χ3v) is 4.02. The molecule has 100 valence electrons. The first-order chi connectivity index (χ1) is 8.56. The molecule has 0 heterocycles. The van der Waals surface area contributed by atoms with Crippen LogP contribution >= 0.6 is 0 Å². The Morgan fingerprint density at radius 2 is 1.89 bits per heavy atom. The summed E-state index contributed by atoms with van der Waals surface area (Å²) in [5, 5.41) is 13.2. The van der Waals surface area contributed by atoms with Crippen molar-refractivity contribution in [3.8, 4) is 5.75 Å². The molecule has 1 aliphatic rings. The van der Waals surface area contributed by atoms with Crippen molar-refractivity contribution in [2.75, 3.05) is 13.7 Å². The highest BCUT2D eigenvalue weighted by Gasteiger charge is 2.36. The Morgan fingerprint density at radius 1 is 1.28 bits per heavy atom. The lowest BCUT2D eigenvalue weighted by Crippen LogP contribution is -2.47. The Kier molecular flexibility index (Phi) is 3.93. The Hall–Kier alpha value is -1.06. The van der Waals surface area contributed by atoms with E-state index in [1.807, 2.05) is 26.0 Å². The molecular formula is C15H23NO2. The van der Waals surface area contributed by atoms with Crippen LogP contribution in [0.5, 0.6) is 5.75 Å². The van der Waals surface area contributed by atoms with Crippen LogP contribution in [0.4, 0.5) is 0 Å². The second-order valence-electron chi connectivity index (χ2n) is 5.42. The van der Waals surface area contributed by atoms with E-state index in [9.17, 15) is 5.11 Å². The number of benzene rings is 1. The van der Waals surface area contributed by atoms with Crippen LogP contribution in [0.2, 0.25) is 0 Å². The van der Waals surface area contributed by atoms with Crippen LogP contribution < -0.4 is 5.32 Å². The number of phenols is 1. The number of aryl methyl sites for hydroxylation is 2. The van der Waals surface area contributed by atoms with Crippen LogP contribution in [0.1, 0.15) is 36.0 Å². The van der Waals surface area contributed by atoms with Crippen LogP contribution in [0, 0.1) is 13.8 Å². The highest BCUT2D eigenvalue weighted by molar-refractivity contribution is 5.42. The van der Waals surface area contributed by atoms with Crippen molar-refractivity contribution in [1.29, 1.82) is 0 Å². The summed E-state index contributed by atoms with van der Waals surface area (Å²) in [6.45, 7) is 5.61. The lowest BCUT2D eigenvalue weighted by molar-refractivity contribution is -0.0695. The van der Waals surface area contributed by atoms with E-state index in [4.69, 9.17) is 4.74 Å². The molecule has 0 aliphatic heterocycles. The average Bonchev–Trinajstić information content (AvgIpc) is 2.29. The topological polar surface area (TPSA) is 41.5 Å². The standard InChI is InChI=1S/C15H23NO2/c1-11-7-13(8-12(2)14(11)17)9-16-10-15(18-3)5-4-6-15/h7-8,16-17H,4-6,9-10H2,1-3H3. The molecule has 0 saturated heterocycles. The van der Waals surface area contributed by atoms with Gasteiger partial charge in [0.05, 0.1) is 5.60 Å². The number of rotatable bonds is 5. The number of methoxy groups -OCH3 is 1. The minimum absolute atomic E-state index is 0.0704. The molecule has 18 heavy (non-hydrogen) atoms. The first-order valence-electron chi connectivity index (χ1n) is 6.61. The molecule has 3 nitrogen and oxygen atoms in total. The van der Waals surface area contributed by atoms with Crippen molar-refractivity contribution < 1.29 is 9.84 Å². The molecule has 3 heteroatoms. The largest absolute Gasteiger partial charge is 0.507 e. The number of ether oxygens (including phenoxy) is 1. The summed E-state index contributed by atoms with van der Waals surface area (Å²) >= 11 is 0. The summed E-state index contributed by atoms with van der Waals surface area (Å²) in [4.78, 5) is 0. The normalized spacial score (nSPS) is 17.5. The fourth-order valence-electron chi connectivity index (χ4n) is 2.61. The molecule has 0 spiro atoms. The number of hydrogen-bond acceptors (Lipinski definition) is 3. The maximum atomic E-state index is 9.73. The lowest BCUT2D eigenvalue weighted by atomic mass is 9.80. The van der Waals surface area contributed by atoms with Crippen LogP contribution in [-0.2, 0) is 11.3 Å². The number of hydrogen-bond donors (Lipinski definition) is 2. The van der Waals surface area contributed by atoms with Crippen molar-refractivity contribution in [2.24, 2.45) is 0 Å². The van der Waals surface area contributed by atoms with Gasteiger partial charge in [0.1, 0.15) is 5.75 Å². The van der Waals surface area contributed by atoms with Crippen molar-refractivity contribution in [2.45, 2.75) is 45.3 Å². The van der Waals surface area contributed by atoms with E-state index in [0.717, 1.165) is 37.1 Å². The summed E-state index contributed by atoms with van der Waals surface area (Å²) in [5.41, 5.74) is 3.17. The van der Waals surface area contributed by atoms with E-state index in [1.54, 1.807) is 7.11 Å². The summed E-state index contributed by atoms with van der Waals surface area (Å²) in [6.07, 6.45) is 3.58. The van der Waals surface area contributed by atoms with Crippen molar-refractivity contribution in [1.82, 2.24) is 5.32 Å². The highest BCUT2D eigenvalue weighted by Crippen LogP contribution is 2.34. The van der Waals surface area contributed by atoms with E-state index >= 15 is 0 Å². The van der Waals surface area contributed by atoms with E-state index in [0.29, 0.717) is 5.75 Å². The van der Waals surface area contributed by atoms with Gasteiger partial charge >= 0.3 is 0 Å². The van der Waals surface area contributed by atoms with Crippen LogP contribution in [-0.4, -0.2) is 24.4 Å². The zero-order valence-electron chi connectivity index (χ0n) is 11.5. The zero-order valence-corrected chi connectivity index (χ0v) is 11.5. The second kappa shape index (κ2) is 5.29. The quantitative estimate of drug-likeness (QED) is 0.843. The molecule has 0 aromatic heterocycles. The average molecular weight is 249 g/mol. The monoisotopic (exact) mass is 249 g/mol. The molecule has 1 aromatic rings. The Labute approximate surface area is 109 Å². The van der Waals surface area contributed by atoms with Gasteiger partial charge in [0.15, 0.2) is 0 Å². The smallest absolute Gasteiger partial charge is 0.121 e. The minimum atomic E-state index is 0.0704. The van der Waals surface area contributed by atoms with Crippen molar-refractivity contribution >= 4 is 0 Å². The predicted molar refractivity (Wildman–Crippen MR) is 72.9 cm³/mol. The third-order valence-electron chi connectivity index (χ3n) is 4.02. The fraction of sp³-hybridized carbons (Fsp3) is 0.600. The van der Waals surface area contributed by atoms with Crippen molar-refractivity contribution in [3.05, 3.63) is 28.8 Å². The maximum absolute atomic E-state index is 9.73. The molecule has 0 atom stereocenters. The molecule has 0 unspecified atom stereocenters. The zero-order chi connectivity index (χ0) is 13.2. The Bertz CT molecular complexity index is 396. The first-order valence-corrected chi connectivity index (χ1v) is 6.61. The molecule has 1 saturated carbocycles. The van der Waals surface area contributed by atoms with Gasteiger partial charge in [-0.1, -0.05) is 12.1 Å². The van der Waals surface area contributed by atoms with Gasteiger partial charge in [0.25, 0.3) is 0 Å². The number of aromatic hydroxyl groups is 1. The van der Waals surface area contributed by atoms with Gasteiger partial charge in [-0.15, -0.1) is 0 Å². The van der Waals surface area contributed by atoms with Crippen LogP contribution in [0.3, 0.4) is 0 Å². The number of nitrogens with one attached hydrogen (secondary N) is 1. The molecule has 0 radical (unpaired) electrons. The van der Waals surface area contributed by atoms with E-state index in [-0.39, 0.29) is 5.60 Å². The van der Waals surface area contributed by atoms with Crippen LogP contribution in [0.25, 0.3) is 0 Å². The molecule has 2 N–H and O–H groups in total. The van der Waals surface area contributed by atoms with Gasteiger partial charge in [-0.05, 0) is 49.8 Å². The van der Waals surface area contributed by atoms with Gasteiger partial charge in [-0.25, -0.2) is 0 Å². The van der Waals surface area contributed by atoms with Gasteiger partial charge < -0.3 is 15.2 Å². The fourth-order valence-corrected chi connectivity index (χ4v) is 2.61. The van der Waals surface area contributed by atoms with E-state index in [1.165, 1.54) is 12.0 Å².